The Morgan fingerprint density at radius 3 is 2.35 bits per heavy atom. The van der Waals surface area contributed by atoms with Gasteiger partial charge in [0.25, 0.3) is 5.91 Å². The van der Waals surface area contributed by atoms with Crippen molar-refractivity contribution >= 4 is 33.6 Å². The van der Waals surface area contributed by atoms with E-state index in [0.717, 1.165) is 0 Å². The largest absolute Gasteiger partial charge is 0.507 e. The van der Waals surface area contributed by atoms with E-state index >= 15 is 0 Å². The fourth-order valence-corrected chi connectivity index (χ4v) is 3.06. The first-order chi connectivity index (χ1) is 12.5. The molecule has 2 aromatic rings. The van der Waals surface area contributed by atoms with Crippen LogP contribution in [0.3, 0.4) is 0 Å². The summed E-state index contributed by atoms with van der Waals surface area (Å²) in [5.41, 5.74) is 0.341. The maximum Gasteiger partial charge on any atom is 0.322 e. The lowest BCUT2D eigenvalue weighted by molar-refractivity contribution is 0.0668. The maximum atomic E-state index is 13.8. The molecule has 0 bridgehead atoms. The Kier molecular flexibility index (Phi) is 5.41. The van der Waals surface area contributed by atoms with E-state index in [0.29, 0.717) is 30.7 Å². The SMILES string of the molecule is O=C(Nc1ccc(Br)cc1F)N1CCN(C(=O)c2ccccc2O)CC1. The van der Waals surface area contributed by atoms with Gasteiger partial charge in [-0.25, -0.2) is 9.18 Å². The highest BCUT2D eigenvalue weighted by Crippen LogP contribution is 2.21. The minimum absolute atomic E-state index is 0.0663. The number of urea groups is 1. The summed E-state index contributed by atoms with van der Waals surface area (Å²) >= 11 is 3.17. The third kappa shape index (κ3) is 3.96. The van der Waals surface area contributed by atoms with Crippen LogP contribution in [0.25, 0.3) is 0 Å². The summed E-state index contributed by atoms with van der Waals surface area (Å²) in [5, 5.41) is 12.3. The molecule has 0 radical (unpaired) electrons. The molecule has 2 N–H and O–H groups in total. The number of rotatable bonds is 2. The smallest absolute Gasteiger partial charge is 0.322 e. The molecule has 1 aliphatic heterocycles. The van der Waals surface area contributed by atoms with Crippen LogP contribution in [0.15, 0.2) is 46.9 Å². The molecule has 0 atom stereocenters. The van der Waals surface area contributed by atoms with Crippen molar-refractivity contribution in [2.45, 2.75) is 0 Å². The van der Waals surface area contributed by atoms with E-state index < -0.39 is 11.8 Å². The number of aromatic hydroxyl groups is 1. The number of para-hydroxylation sites is 1. The molecule has 3 rings (SSSR count). The summed E-state index contributed by atoms with van der Waals surface area (Å²) < 4.78 is 14.4. The zero-order valence-electron chi connectivity index (χ0n) is 13.8. The van der Waals surface area contributed by atoms with Crippen LogP contribution < -0.4 is 5.32 Å². The molecule has 1 aliphatic rings. The maximum absolute atomic E-state index is 13.8. The number of carbonyl (C=O) groups is 2. The summed E-state index contributed by atoms with van der Waals surface area (Å²) in [6.07, 6.45) is 0. The first-order valence-corrected chi connectivity index (χ1v) is 8.83. The second kappa shape index (κ2) is 7.74. The Bertz CT molecular complexity index is 838. The second-order valence-corrected chi connectivity index (χ2v) is 6.77. The molecule has 8 heteroatoms. The molecule has 1 saturated heterocycles. The predicted octanol–water partition coefficient (Wildman–Crippen LogP) is 3.28. The number of halogens is 2. The number of hydrogen-bond acceptors (Lipinski definition) is 3. The molecule has 0 aliphatic carbocycles. The van der Waals surface area contributed by atoms with Crippen molar-refractivity contribution < 1.29 is 19.1 Å². The molecule has 0 unspecified atom stereocenters. The zero-order chi connectivity index (χ0) is 18.7. The van der Waals surface area contributed by atoms with E-state index in [-0.39, 0.29) is 22.9 Å². The lowest BCUT2D eigenvalue weighted by Crippen LogP contribution is -2.51. The predicted molar refractivity (Wildman–Crippen MR) is 98.7 cm³/mol. The van der Waals surface area contributed by atoms with E-state index in [1.165, 1.54) is 23.1 Å². The number of piperazine rings is 1. The molecule has 0 aromatic heterocycles. The molecule has 136 valence electrons. The van der Waals surface area contributed by atoms with Crippen molar-refractivity contribution in [3.63, 3.8) is 0 Å². The molecule has 3 amide bonds. The van der Waals surface area contributed by atoms with E-state index in [9.17, 15) is 19.1 Å². The monoisotopic (exact) mass is 421 g/mol. The fraction of sp³-hybridized carbons (Fsp3) is 0.222. The van der Waals surface area contributed by atoms with Gasteiger partial charge in [-0.1, -0.05) is 28.1 Å². The van der Waals surface area contributed by atoms with Crippen molar-refractivity contribution in [3.05, 3.63) is 58.3 Å². The van der Waals surface area contributed by atoms with E-state index in [1.54, 1.807) is 29.2 Å². The van der Waals surface area contributed by atoms with E-state index in [2.05, 4.69) is 21.2 Å². The van der Waals surface area contributed by atoms with Gasteiger partial charge in [0.1, 0.15) is 11.6 Å². The normalized spacial score (nSPS) is 14.2. The molecule has 1 heterocycles. The van der Waals surface area contributed by atoms with E-state index in [1.807, 2.05) is 0 Å². The third-order valence-electron chi connectivity index (χ3n) is 4.16. The van der Waals surface area contributed by atoms with E-state index in [4.69, 9.17) is 0 Å². The van der Waals surface area contributed by atoms with Crippen molar-refractivity contribution in [2.24, 2.45) is 0 Å². The number of amides is 3. The van der Waals surface area contributed by atoms with Gasteiger partial charge in [-0.15, -0.1) is 0 Å². The first-order valence-electron chi connectivity index (χ1n) is 8.04. The van der Waals surface area contributed by atoms with Gasteiger partial charge in [0.2, 0.25) is 0 Å². The molecule has 0 saturated carbocycles. The van der Waals surface area contributed by atoms with Gasteiger partial charge in [0, 0.05) is 30.7 Å². The number of hydrogen-bond donors (Lipinski definition) is 2. The number of nitrogens with one attached hydrogen (secondary N) is 1. The number of nitrogens with zero attached hydrogens (tertiary/aromatic N) is 2. The molecule has 0 spiro atoms. The van der Waals surface area contributed by atoms with Gasteiger partial charge in [-0.2, -0.15) is 0 Å². The number of anilines is 1. The van der Waals surface area contributed by atoms with Crippen LogP contribution in [0.5, 0.6) is 5.75 Å². The minimum Gasteiger partial charge on any atom is -0.507 e. The standard InChI is InChI=1S/C18H17BrFN3O3/c19-12-5-6-15(14(20)11-12)21-18(26)23-9-7-22(8-10-23)17(25)13-3-1-2-4-16(13)24/h1-6,11,24H,7-10H2,(H,21,26). The Balaban J connectivity index is 1.59. The number of phenols is 1. The molecule has 26 heavy (non-hydrogen) atoms. The third-order valence-corrected chi connectivity index (χ3v) is 4.65. The summed E-state index contributed by atoms with van der Waals surface area (Å²) in [5.74, 6) is -0.869. The average Bonchev–Trinajstić information content (AvgIpc) is 2.64. The van der Waals surface area contributed by atoms with Crippen LogP contribution in [0.1, 0.15) is 10.4 Å². The summed E-state index contributed by atoms with van der Waals surface area (Å²) in [4.78, 5) is 27.9. The zero-order valence-corrected chi connectivity index (χ0v) is 15.4. The van der Waals surface area contributed by atoms with Crippen LogP contribution in [-0.4, -0.2) is 53.0 Å². The Hall–Kier alpha value is -2.61. The highest BCUT2D eigenvalue weighted by Gasteiger charge is 2.26. The topological polar surface area (TPSA) is 72.9 Å². The molecular formula is C18H17BrFN3O3. The van der Waals surface area contributed by atoms with Crippen LogP contribution >= 0.6 is 15.9 Å². The number of benzene rings is 2. The Morgan fingerprint density at radius 2 is 1.69 bits per heavy atom. The van der Waals surface area contributed by atoms with Crippen molar-refractivity contribution in [3.8, 4) is 5.75 Å². The summed E-state index contributed by atoms with van der Waals surface area (Å²) in [6, 6.07) is 10.3. The van der Waals surface area contributed by atoms with Gasteiger partial charge >= 0.3 is 6.03 Å². The Morgan fingerprint density at radius 1 is 1.04 bits per heavy atom. The second-order valence-electron chi connectivity index (χ2n) is 5.85. The molecule has 2 aromatic carbocycles. The van der Waals surface area contributed by atoms with Gasteiger partial charge in [0.15, 0.2) is 0 Å². The van der Waals surface area contributed by atoms with Crippen LogP contribution in [0.2, 0.25) is 0 Å². The van der Waals surface area contributed by atoms with Gasteiger partial charge in [0.05, 0.1) is 11.3 Å². The van der Waals surface area contributed by atoms with Gasteiger partial charge in [-0.05, 0) is 30.3 Å². The minimum atomic E-state index is -0.527. The highest BCUT2D eigenvalue weighted by atomic mass is 79.9. The lowest BCUT2D eigenvalue weighted by atomic mass is 10.1. The van der Waals surface area contributed by atoms with Crippen LogP contribution in [-0.2, 0) is 0 Å². The number of carbonyl (C=O) groups excluding carboxylic acids is 2. The Labute approximate surface area is 158 Å². The average molecular weight is 422 g/mol. The van der Waals surface area contributed by atoms with Crippen molar-refractivity contribution in [1.29, 1.82) is 0 Å². The molecule has 1 fully saturated rings. The lowest BCUT2D eigenvalue weighted by Gasteiger charge is -2.34. The van der Waals surface area contributed by atoms with Gasteiger partial charge < -0.3 is 20.2 Å². The van der Waals surface area contributed by atoms with Gasteiger partial charge in [-0.3, -0.25) is 4.79 Å². The first kappa shape index (κ1) is 18.2. The number of phenolic OH excluding ortho intramolecular Hbond substituents is 1. The highest BCUT2D eigenvalue weighted by molar-refractivity contribution is 9.10. The molecular weight excluding hydrogens is 405 g/mol. The summed E-state index contributed by atoms with van der Waals surface area (Å²) in [7, 11) is 0. The van der Waals surface area contributed by atoms with Crippen molar-refractivity contribution in [1.82, 2.24) is 9.80 Å². The fourth-order valence-electron chi connectivity index (χ4n) is 2.72. The molecule has 6 nitrogen and oxygen atoms in total. The van der Waals surface area contributed by atoms with Crippen LogP contribution in [0.4, 0.5) is 14.9 Å². The quantitative estimate of drug-likeness (QED) is 0.781. The summed E-state index contributed by atoms with van der Waals surface area (Å²) in [6.45, 7) is 1.32. The van der Waals surface area contributed by atoms with Crippen LogP contribution in [0, 0.1) is 5.82 Å². The van der Waals surface area contributed by atoms with Crippen molar-refractivity contribution in [2.75, 3.05) is 31.5 Å².